The minimum atomic E-state index is -6.56. The maximum absolute atomic E-state index is 13.3. The van der Waals surface area contributed by atoms with Gasteiger partial charge in [-0.3, -0.25) is 0 Å². The highest BCUT2D eigenvalue weighted by Gasteiger charge is 2.52. The number of alkyl halides is 6. The second-order valence-corrected chi connectivity index (χ2v) is 15.0. The summed E-state index contributed by atoms with van der Waals surface area (Å²) in [4.78, 5) is -7.90. The van der Waals surface area contributed by atoms with Crippen LogP contribution in [0.2, 0.25) is 0 Å². The molecule has 0 spiro atoms. The molecule has 2 rings (SSSR count). The molecule has 0 radical (unpaired) electrons. The number of hydrogen-bond acceptors (Lipinski definition) is 8. The van der Waals surface area contributed by atoms with Crippen molar-refractivity contribution in [3.63, 3.8) is 0 Å². The van der Waals surface area contributed by atoms with Gasteiger partial charge in [0.05, 0.1) is 0 Å². The van der Waals surface area contributed by atoms with Gasteiger partial charge in [-0.1, -0.05) is 12.1 Å². The summed E-state index contributed by atoms with van der Waals surface area (Å²) in [6, 6.07) is 1.91. The maximum atomic E-state index is 13.3. The summed E-state index contributed by atoms with van der Waals surface area (Å²) in [5.41, 5.74) is -14.9. The van der Waals surface area contributed by atoms with Crippen LogP contribution in [-0.4, -0.2) is 44.7 Å². The summed E-state index contributed by atoms with van der Waals surface area (Å²) in [7, 11) is -24.2. The molecule has 4 N–H and O–H groups in total. The summed E-state index contributed by atoms with van der Waals surface area (Å²) in [6.45, 7) is 0. The van der Waals surface area contributed by atoms with E-state index in [9.17, 15) is 60.0 Å². The number of nitrogens with two attached hydrogens (primary N) is 2. The molecule has 0 aliphatic carbocycles. The van der Waals surface area contributed by atoms with Crippen LogP contribution in [0.3, 0.4) is 0 Å². The molecule has 10 nitrogen and oxygen atoms in total. The molecule has 0 aromatic heterocycles. The van der Waals surface area contributed by atoms with Gasteiger partial charge >= 0.3 is 11.0 Å². The third kappa shape index (κ3) is 5.31. The maximum Gasteiger partial charge on any atom is 0.501 e. The van der Waals surface area contributed by atoms with Crippen molar-refractivity contribution in [3.8, 4) is 11.1 Å². The zero-order valence-corrected chi connectivity index (χ0v) is 22.8. The lowest BCUT2D eigenvalue weighted by molar-refractivity contribution is -0.0443. The van der Waals surface area contributed by atoms with E-state index in [2.05, 4.69) is 31.9 Å². The Labute approximate surface area is 215 Å². The number of benzene rings is 2. The van der Waals surface area contributed by atoms with Crippen molar-refractivity contribution in [2.45, 2.75) is 30.6 Å². The van der Waals surface area contributed by atoms with Crippen LogP contribution in [0.15, 0.2) is 52.8 Å². The lowest BCUT2D eigenvalue weighted by atomic mass is 10.1. The molecular weight excluding hydrogens is 726 g/mol. The highest BCUT2D eigenvalue weighted by Crippen LogP contribution is 2.46. The Balaban J connectivity index is 3.37. The molecule has 0 fully saturated rings. The van der Waals surface area contributed by atoms with E-state index in [4.69, 9.17) is 10.3 Å². The third-order valence-electron chi connectivity index (χ3n) is 4.13. The number of halogens is 8. The number of primary sulfonamides is 2. The van der Waals surface area contributed by atoms with Crippen molar-refractivity contribution in [2.24, 2.45) is 10.3 Å². The number of hydrogen-bond donors (Lipinski definition) is 2. The molecule has 0 bridgehead atoms. The fourth-order valence-electron chi connectivity index (χ4n) is 2.80. The van der Waals surface area contributed by atoms with Crippen molar-refractivity contribution >= 4 is 71.6 Å². The van der Waals surface area contributed by atoms with Gasteiger partial charge in [0.2, 0.25) is 20.0 Å². The molecule has 0 saturated carbocycles. The summed E-state index contributed by atoms with van der Waals surface area (Å²) in [5.74, 6) is 0. The first-order valence-electron chi connectivity index (χ1n) is 8.11. The van der Waals surface area contributed by atoms with E-state index in [-0.39, 0.29) is 0 Å². The predicted molar refractivity (Wildman–Crippen MR) is 117 cm³/mol. The fraction of sp³-hybridized carbons (Fsp3) is 0.143. The first-order valence-corrected chi connectivity index (χ1v) is 15.8. The average molecular weight is 734 g/mol. The van der Waals surface area contributed by atoms with Crippen LogP contribution in [0.25, 0.3) is 11.1 Å². The first-order chi connectivity index (χ1) is 15.8. The topological polar surface area (TPSA) is 189 Å². The van der Waals surface area contributed by atoms with Gasteiger partial charge < -0.3 is 0 Å². The summed E-state index contributed by atoms with van der Waals surface area (Å²) < 4.78 is 175. The van der Waals surface area contributed by atoms with Crippen molar-refractivity contribution < 1.29 is 60.0 Å². The Morgan fingerprint density at radius 3 is 0.972 bits per heavy atom. The van der Waals surface area contributed by atoms with Gasteiger partial charge in [-0.25, -0.2) is 43.9 Å². The first kappa shape index (κ1) is 30.9. The number of rotatable bonds is 5. The molecule has 22 heteroatoms. The van der Waals surface area contributed by atoms with Gasteiger partial charge in [0.1, 0.15) is 19.6 Å². The molecule has 0 unspecified atom stereocenters. The molecule has 0 amide bonds. The molecule has 0 aliphatic heterocycles. The normalized spacial score (nSPS) is 14.2. The van der Waals surface area contributed by atoms with Crippen LogP contribution < -0.4 is 10.3 Å². The van der Waals surface area contributed by atoms with Crippen molar-refractivity contribution in [1.29, 1.82) is 0 Å². The average Bonchev–Trinajstić information content (AvgIpc) is 2.64. The lowest BCUT2D eigenvalue weighted by Gasteiger charge is -2.20. The summed E-state index contributed by atoms with van der Waals surface area (Å²) >= 11 is 4.84. The van der Waals surface area contributed by atoms with Gasteiger partial charge in [0.25, 0.3) is 19.7 Å². The standard InChI is InChI=1S/C14H8Br2F6N2O8S4/c15-7-3-1-5(9(35(23,29)30)11(7)33(25,26)13(17,18)19)6-2-4-8(16)12(10(6)36(24,31)32)34(27,28)14(20,21)22/h1-4H,(H2,23,29,30)(H2,24,31,32). The molecule has 0 heterocycles. The molecule has 0 saturated heterocycles. The highest BCUT2D eigenvalue weighted by molar-refractivity contribution is 9.10. The third-order valence-corrected chi connectivity index (χ3v) is 11.4. The minimum Gasteiger partial charge on any atom is -0.225 e. The Bertz CT molecular complexity index is 1580. The molecule has 0 aliphatic rings. The monoisotopic (exact) mass is 732 g/mol. The van der Waals surface area contributed by atoms with Crippen molar-refractivity contribution in [1.82, 2.24) is 0 Å². The molecular formula is C14H8Br2F6N2O8S4. The Morgan fingerprint density at radius 2 is 0.778 bits per heavy atom. The van der Waals surface area contributed by atoms with E-state index >= 15 is 0 Å². The van der Waals surface area contributed by atoms with E-state index in [0.717, 1.165) is 0 Å². The van der Waals surface area contributed by atoms with Crippen LogP contribution >= 0.6 is 31.9 Å². The van der Waals surface area contributed by atoms with E-state index in [1.54, 1.807) is 0 Å². The van der Waals surface area contributed by atoms with Crippen molar-refractivity contribution in [2.75, 3.05) is 0 Å². The molecule has 0 atom stereocenters. The highest BCUT2D eigenvalue weighted by atomic mass is 79.9. The largest absolute Gasteiger partial charge is 0.501 e. The second-order valence-electron chi connectivity index (χ2n) is 6.49. The Morgan fingerprint density at radius 1 is 0.528 bits per heavy atom. The van der Waals surface area contributed by atoms with Gasteiger partial charge in [0, 0.05) is 20.1 Å². The fourth-order valence-corrected chi connectivity index (χ4v) is 9.88. The summed E-state index contributed by atoms with van der Waals surface area (Å²) in [6.07, 6.45) is 0. The lowest BCUT2D eigenvalue weighted by Crippen LogP contribution is -2.29. The SMILES string of the molecule is NS(=O)(=O)c1c(-c2ccc(Br)c(S(=O)(=O)C(F)(F)F)c2S(N)(=O)=O)ccc(Br)c1S(=O)(=O)C(F)(F)F. The second kappa shape index (κ2) is 9.17. The van der Waals surface area contributed by atoms with Gasteiger partial charge in [-0.2, -0.15) is 26.3 Å². The Hall–Kier alpha value is -1.30. The van der Waals surface area contributed by atoms with E-state index in [0.29, 0.717) is 24.3 Å². The quantitative estimate of drug-likeness (QED) is 0.439. The van der Waals surface area contributed by atoms with Crippen LogP contribution in [0, 0.1) is 0 Å². The smallest absolute Gasteiger partial charge is 0.225 e. The Kier molecular flexibility index (Phi) is 7.87. The molecule has 2 aromatic rings. The predicted octanol–water partition coefficient (Wildman–Crippen LogP) is 2.76. The van der Waals surface area contributed by atoms with Gasteiger partial charge in [-0.05, 0) is 44.0 Å². The van der Waals surface area contributed by atoms with Crippen LogP contribution in [-0.2, 0) is 39.7 Å². The number of sulfone groups is 2. The number of sulfonamides is 2. The molecule has 36 heavy (non-hydrogen) atoms. The zero-order valence-electron chi connectivity index (χ0n) is 16.4. The van der Waals surface area contributed by atoms with E-state index < -0.39 is 90.4 Å². The van der Waals surface area contributed by atoms with E-state index in [1.807, 2.05) is 0 Å². The van der Waals surface area contributed by atoms with Gasteiger partial charge in [0.15, 0.2) is 0 Å². The van der Waals surface area contributed by atoms with Crippen LogP contribution in [0.5, 0.6) is 0 Å². The molecule has 202 valence electrons. The van der Waals surface area contributed by atoms with Crippen LogP contribution in [0.1, 0.15) is 0 Å². The van der Waals surface area contributed by atoms with Crippen LogP contribution in [0.4, 0.5) is 26.3 Å². The minimum absolute atomic E-state index is 0.473. The van der Waals surface area contributed by atoms with Gasteiger partial charge in [-0.15, -0.1) is 0 Å². The molecule has 2 aromatic carbocycles. The van der Waals surface area contributed by atoms with E-state index in [1.165, 1.54) is 0 Å². The zero-order chi connectivity index (χ0) is 28.4. The summed E-state index contributed by atoms with van der Waals surface area (Å²) in [5, 5.41) is 9.84. The van der Waals surface area contributed by atoms with Crippen molar-refractivity contribution in [3.05, 3.63) is 33.2 Å².